The Balaban J connectivity index is 2.68. The van der Waals surface area contributed by atoms with Crippen LogP contribution < -0.4 is 4.57 Å². The van der Waals surface area contributed by atoms with Gasteiger partial charge in [0.15, 0.2) is 6.29 Å². The highest BCUT2D eigenvalue weighted by atomic mass is 16.1. The second kappa shape index (κ2) is 3.67. The number of pyridine rings is 1. The first kappa shape index (κ1) is 9.97. The van der Waals surface area contributed by atoms with Gasteiger partial charge in [-0.2, -0.15) is 4.57 Å². The number of fused-ring (bicyclic) bond motifs is 2. The molecule has 0 bridgehead atoms. The minimum Gasteiger partial charge on any atom is -0.298 e. The molecule has 17 heavy (non-hydrogen) atoms. The third kappa shape index (κ3) is 1.34. The number of para-hydroxylation sites is 2. The molecular weight excluding hydrogens is 210 g/mol. The van der Waals surface area contributed by atoms with Crippen molar-refractivity contribution >= 4 is 28.1 Å². The number of carbonyl (C=O) groups is 1. The molecule has 2 aromatic carbocycles. The Bertz CT molecular complexity index is 674. The molecule has 1 aromatic heterocycles. The number of hydrogen-bond acceptors (Lipinski definition) is 1. The fraction of sp³-hybridized carbons (Fsp3) is 0.0667. The third-order valence-electron chi connectivity index (χ3n) is 3.23. The van der Waals surface area contributed by atoms with Gasteiger partial charge in [0.1, 0.15) is 7.05 Å². The number of hydrogen-bond donors (Lipinski definition) is 0. The quantitative estimate of drug-likeness (QED) is 0.352. The Kier molecular flexibility index (Phi) is 2.15. The van der Waals surface area contributed by atoms with Crippen molar-refractivity contribution in [1.82, 2.24) is 0 Å². The Morgan fingerprint density at radius 2 is 1.35 bits per heavy atom. The van der Waals surface area contributed by atoms with Gasteiger partial charge in [-0.1, -0.05) is 24.3 Å². The van der Waals surface area contributed by atoms with E-state index in [9.17, 15) is 4.79 Å². The van der Waals surface area contributed by atoms with Gasteiger partial charge in [0.05, 0.1) is 10.8 Å². The number of nitrogens with zero attached hydrogens (tertiary/aromatic N) is 1. The summed E-state index contributed by atoms with van der Waals surface area (Å²) in [5.74, 6) is 0. The first-order valence-electron chi connectivity index (χ1n) is 5.57. The molecule has 0 aliphatic rings. The van der Waals surface area contributed by atoms with Crippen molar-refractivity contribution in [2.24, 2.45) is 7.05 Å². The summed E-state index contributed by atoms with van der Waals surface area (Å²) in [6.45, 7) is 0. The van der Waals surface area contributed by atoms with Crippen LogP contribution in [0.3, 0.4) is 0 Å². The molecule has 0 fully saturated rings. The Morgan fingerprint density at radius 3 is 1.82 bits per heavy atom. The summed E-state index contributed by atoms with van der Waals surface area (Å²) in [5, 5.41) is 2.01. The van der Waals surface area contributed by atoms with Gasteiger partial charge in [-0.15, -0.1) is 0 Å². The summed E-state index contributed by atoms with van der Waals surface area (Å²) in [7, 11) is 2.03. The van der Waals surface area contributed by atoms with E-state index in [2.05, 4.69) is 4.57 Å². The fourth-order valence-electron chi connectivity index (χ4n) is 2.39. The van der Waals surface area contributed by atoms with E-state index >= 15 is 0 Å². The highest BCUT2D eigenvalue weighted by Gasteiger charge is 2.15. The lowest BCUT2D eigenvalue weighted by Crippen LogP contribution is -2.30. The predicted octanol–water partition coefficient (Wildman–Crippen LogP) is 2.63. The summed E-state index contributed by atoms with van der Waals surface area (Å²) >= 11 is 0. The summed E-state index contributed by atoms with van der Waals surface area (Å²) in [6, 6.07) is 16.0. The molecule has 0 atom stereocenters. The molecule has 82 valence electrons. The van der Waals surface area contributed by atoms with Crippen molar-refractivity contribution in [3.05, 3.63) is 54.1 Å². The normalized spacial score (nSPS) is 10.9. The van der Waals surface area contributed by atoms with Crippen molar-refractivity contribution in [3.8, 4) is 0 Å². The SMILES string of the molecule is C[n+]1c2ccccc2c(C=O)c2ccccc21. The van der Waals surface area contributed by atoms with Crippen LogP contribution in [0.1, 0.15) is 10.4 Å². The molecule has 0 amide bonds. The van der Waals surface area contributed by atoms with Crippen LogP contribution in [-0.4, -0.2) is 6.29 Å². The average molecular weight is 222 g/mol. The molecule has 0 N–H and O–H groups in total. The van der Waals surface area contributed by atoms with Gasteiger partial charge in [0.25, 0.3) is 0 Å². The summed E-state index contributed by atoms with van der Waals surface area (Å²) in [6.07, 6.45) is 0.949. The maximum absolute atomic E-state index is 11.3. The lowest BCUT2D eigenvalue weighted by atomic mass is 10.0. The Labute approximate surface area is 99.1 Å². The van der Waals surface area contributed by atoms with Crippen LogP contribution >= 0.6 is 0 Å². The molecule has 0 saturated heterocycles. The molecule has 0 aliphatic carbocycles. The summed E-state index contributed by atoms with van der Waals surface area (Å²) < 4.78 is 2.12. The molecule has 3 rings (SSSR count). The highest BCUT2D eigenvalue weighted by Crippen LogP contribution is 2.22. The van der Waals surface area contributed by atoms with Gasteiger partial charge < -0.3 is 0 Å². The first-order chi connectivity index (χ1) is 8.33. The van der Waals surface area contributed by atoms with E-state index in [-0.39, 0.29) is 0 Å². The maximum atomic E-state index is 11.3. The van der Waals surface area contributed by atoms with Gasteiger partial charge >= 0.3 is 0 Å². The fourth-order valence-corrected chi connectivity index (χ4v) is 2.39. The number of aromatic nitrogens is 1. The molecule has 1 heterocycles. The van der Waals surface area contributed by atoms with Crippen molar-refractivity contribution in [3.63, 3.8) is 0 Å². The van der Waals surface area contributed by atoms with Gasteiger partial charge in [-0.25, -0.2) is 0 Å². The van der Waals surface area contributed by atoms with E-state index in [1.54, 1.807) is 0 Å². The number of carbonyl (C=O) groups excluding carboxylic acids is 1. The zero-order valence-corrected chi connectivity index (χ0v) is 9.55. The topological polar surface area (TPSA) is 20.9 Å². The number of benzene rings is 2. The smallest absolute Gasteiger partial charge is 0.213 e. The van der Waals surface area contributed by atoms with E-state index < -0.39 is 0 Å². The van der Waals surface area contributed by atoms with Crippen LogP contribution in [0, 0.1) is 0 Å². The van der Waals surface area contributed by atoms with Crippen molar-refractivity contribution in [1.29, 1.82) is 0 Å². The number of aldehydes is 1. The van der Waals surface area contributed by atoms with Crippen molar-refractivity contribution in [2.45, 2.75) is 0 Å². The molecule has 0 radical (unpaired) electrons. The van der Waals surface area contributed by atoms with Gasteiger partial charge in [0.2, 0.25) is 11.0 Å². The van der Waals surface area contributed by atoms with Crippen LogP contribution in [0.4, 0.5) is 0 Å². The van der Waals surface area contributed by atoms with Crippen LogP contribution in [0.5, 0.6) is 0 Å². The summed E-state index contributed by atoms with van der Waals surface area (Å²) in [5.41, 5.74) is 2.93. The van der Waals surface area contributed by atoms with Crippen LogP contribution in [-0.2, 0) is 7.05 Å². The average Bonchev–Trinajstić information content (AvgIpc) is 2.40. The van der Waals surface area contributed by atoms with E-state index in [4.69, 9.17) is 0 Å². The maximum Gasteiger partial charge on any atom is 0.213 e. The standard InChI is InChI=1S/C15H12NO/c1-16-14-8-4-2-6-11(14)13(10-17)12-7-3-5-9-15(12)16/h2-10H,1H3/q+1. The van der Waals surface area contributed by atoms with Gasteiger partial charge in [-0.05, 0) is 12.1 Å². The molecule has 2 nitrogen and oxygen atoms in total. The van der Waals surface area contributed by atoms with Crippen molar-refractivity contribution in [2.75, 3.05) is 0 Å². The zero-order valence-electron chi connectivity index (χ0n) is 9.55. The van der Waals surface area contributed by atoms with E-state index in [0.717, 1.165) is 33.7 Å². The predicted molar refractivity (Wildman–Crippen MR) is 68.0 cm³/mol. The molecule has 0 saturated carbocycles. The van der Waals surface area contributed by atoms with E-state index in [1.807, 2.05) is 55.6 Å². The molecule has 0 spiro atoms. The van der Waals surface area contributed by atoms with E-state index in [1.165, 1.54) is 0 Å². The molecular formula is C15H12NO+. The van der Waals surface area contributed by atoms with Crippen LogP contribution in [0.15, 0.2) is 48.5 Å². The Hall–Kier alpha value is -2.22. The zero-order chi connectivity index (χ0) is 11.8. The lowest BCUT2D eigenvalue weighted by Gasteiger charge is -2.04. The first-order valence-corrected chi connectivity index (χ1v) is 5.57. The van der Waals surface area contributed by atoms with E-state index in [0.29, 0.717) is 0 Å². The molecule has 0 unspecified atom stereocenters. The number of aryl methyl sites for hydroxylation is 1. The monoisotopic (exact) mass is 222 g/mol. The number of rotatable bonds is 1. The van der Waals surface area contributed by atoms with Gasteiger partial charge in [-0.3, -0.25) is 4.79 Å². The highest BCUT2D eigenvalue weighted by molar-refractivity contribution is 6.07. The molecule has 2 heteroatoms. The minimum atomic E-state index is 0.773. The van der Waals surface area contributed by atoms with Gasteiger partial charge in [0, 0.05) is 17.7 Å². The summed E-state index contributed by atoms with van der Waals surface area (Å²) in [4.78, 5) is 11.3. The molecule has 0 aliphatic heterocycles. The second-order valence-electron chi connectivity index (χ2n) is 4.12. The van der Waals surface area contributed by atoms with Crippen molar-refractivity contribution < 1.29 is 9.36 Å². The van der Waals surface area contributed by atoms with Crippen LogP contribution in [0.2, 0.25) is 0 Å². The minimum absolute atomic E-state index is 0.773. The lowest BCUT2D eigenvalue weighted by molar-refractivity contribution is -0.617. The Morgan fingerprint density at radius 1 is 0.882 bits per heavy atom. The third-order valence-corrected chi connectivity index (χ3v) is 3.23. The second-order valence-corrected chi connectivity index (χ2v) is 4.12. The molecule has 3 aromatic rings. The van der Waals surface area contributed by atoms with Crippen LogP contribution in [0.25, 0.3) is 21.8 Å². The largest absolute Gasteiger partial charge is 0.298 e.